The minimum atomic E-state index is 0.278. The van der Waals surface area contributed by atoms with E-state index in [1.165, 1.54) is 0 Å². The third kappa shape index (κ3) is 4.22. The molecule has 1 aromatic rings. The van der Waals surface area contributed by atoms with Crippen molar-refractivity contribution < 1.29 is 14.7 Å². The molecular formula is C14H21N3O3. The molecule has 0 saturated heterocycles. The summed E-state index contributed by atoms with van der Waals surface area (Å²) < 4.78 is 11.2. The lowest BCUT2D eigenvalue weighted by atomic mass is 10.2. The number of fused-ring (bicyclic) bond motifs is 1. The average molecular weight is 279 g/mol. The van der Waals surface area contributed by atoms with Gasteiger partial charge in [-0.15, -0.1) is 0 Å². The molecule has 0 aliphatic carbocycles. The minimum Gasteiger partial charge on any atom is -0.490 e. The van der Waals surface area contributed by atoms with Gasteiger partial charge in [0.15, 0.2) is 11.5 Å². The standard InChI is InChI=1S/C14H21N3O3/c15-14(17-18)4-1-2-7-16-11-5-6-12-13(10-11)20-9-3-8-19-12/h5-6,10,16,18H,1-4,7-9H2,(H2,15,17). The van der Waals surface area contributed by atoms with E-state index in [0.717, 1.165) is 43.0 Å². The second-order valence-electron chi connectivity index (χ2n) is 4.69. The Bertz CT molecular complexity index is 463. The van der Waals surface area contributed by atoms with E-state index >= 15 is 0 Å². The predicted octanol–water partition coefficient (Wildman–Crippen LogP) is 2.18. The molecule has 0 saturated carbocycles. The van der Waals surface area contributed by atoms with Gasteiger partial charge in [0.1, 0.15) is 5.84 Å². The Morgan fingerprint density at radius 3 is 2.85 bits per heavy atom. The highest BCUT2D eigenvalue weighted by atomic mass is 16.5. The number of unbranched alkanes of at least 4 members (excludes halogenated alkanes) is 1. The van der Waals surface area contributed by atoms with E-state index in [2.05, 4.69) is 10.5 Å². The van der Waals surface area contributed by atoms with Crippen LogP contribution in [0.3, 0.4) is 0 Å². The maximum absolute atomic E-state index is 8.43. The first kappa shape index (κ1) is 14.3. The molecule has 1 aromatic carbocycles. The Kier molecular flexibility index (Phi) is 5.34. The van der Waals surface area contributed by atoms with Crippen molar-refractivity contribution in [3.05, 3.63) is 18.2 Å². The lowest BCUT2D eigenvalue weighted by Crippen LogP contribution is -2.11. The Balaban J connectivity index is 1.77. The third-order valence-corrected chi connectivity index (χ3v) is 3.06. The molecule has 110 valence electrons. The van der Waals surface area contributed by atoms with Crippen molar-refractivity contribution in [3.63, 3.8) is 0 Å². The summed E-state index contributed by atoms with van der Waals surface area (Å²) >= 11 is 0. The Hall–Kier alpha value is -2.11. The number of nitrogens with one attached hydrogen (secondary N) is 1. The van der Waals surface area contributed by atoms with Crippen LogP contribution in [-0.4, -0.2) is 30.8 Å². The van der Waals surface area contributed by atoms with Crippen LogP contribution in [-0.2, 0) is 0 Å². The first-order valence-corrected chi connectivity index (χ1v) is 6.89. The van der Waals surface area contributed by atoms with Crippen molar-refractivity contribution in [2.24, 2.45) is 10.9 Å². The summed E-state index contributed by atoms with van der Waals surface area (Å²) in [6.07, 6.45) is 3.35. The number of hydrogen-bond donors (Lipinski definition) is 3. The highest BCUT2D eigenvalue weighted by molar-refractivity contribution is 5.79. The van der Waals surface area contributed by atoms with Gasteiger partial charge in [0.05, 0.1) is 13.2 Å². The summed E-state index contributed by atoms with van der Waals surface area (Å²) in [7, 11) is 0. The molecule has 6 heteroatoms. The zero-order valence-electron chi connectivity index (χ0n) is 11.5. The highest BCUT2D eigenvalue weighted by Gasteiger charge is 2.10. The average Bonchev–Trinajstić information content (AvgIpc) is 2.71. The fraction of sp³-hybridized carbons (Fsp3) is 0.500. The van der Waals surface area contributed by atoms with Gasteiger partial charge in [-0.3, -0.25) is 0 Å². The van der Waals surface area contributed by atoms with Crippen LogP contribution in [0.25, 0.3) is 0 Å². The second kappa shape index (κ2) is 7.47. The van der Waals surface area contributed by atoms with Crippen LogP contribution in [0.5, 0.6) is 11.5 Å². The lowest BCUT2D eigenvalue weighted by molar-refractivity contribution is 0.297. The number of rotatable bonds is 6. The Labute approximate surface area is 118 Å². The third-order valence-electron chi connectivity index (χ3n) is 3.06. The van der Waals surface area contributed by atoms with Gasteiger partial charge in [-0.2, -0.15) is 0 Å². The monoisotopic (exact) mass is 279 g/mol. The minimum absolute atomic E-state index is 0.278. The molecule has 2 rings (SSSR count). The van der Waals surface area contributed by atoms with Crippen molar-refractivity contribution in [1.82, 2.24) is 0 Å². The smallest absolute Gasteiger partial charge is 0.163 e. The van der Waals surface area contributed by atoms with Crippen molar-refractivity contribution in [2.75, 3.05) is 25.1 Å². The largest absolute Gasteiger partial charge is 0.490 e. The van der Waals surface area contributed by atoms with E-state index in [4.69, 9.17) is 20.4 Å². The summed E-state index contributed by atoms with van der Waals surface area (Å²) in [6.45, 7) is 2.22. The number of benzene rings is 1. The van der Waals surface area contributed by atoms with Gasteiger partial charge in [-0.1, -0.05) is 5.16 Å². The number of hydrogen-bond acceptors (Lipinski definition) is 5. The highest BCUT2D eigenvalue weighted by Crippen LogP contribution is 2.32. The first-order valence-electron chi connectivity index (χ1n) is 6.89. The molecule has 0 aromatic heterocycles. The van der Waals surface area contributed by atoms with Crippen molar-refractivity contribution in [1.29, 1.82) is 0 Å². The molecule has 6 nitrogen and oxygen atoms in total. The summed E-state index contributed by atoms with van der Waals surface area (Å²) in [5, 5.41) is 14.7. The molecule has 0 bridgehead atoms. The zero-order valence-corrected chi connectivity index (χ0v) is 11.5. The molecule has 0 amide bonds. The van der Waals surface area contributed by atoms with E-state index in [0.29, 0.717) is 19.6 Å². The van der Waals surface area contributed by atoms with Crippen LogP contribution < -0.4 is 20.5 Å². The molecule has 4 N–H and O–H groups in total. The van der Waals surface area contributed by atoms with E-state index < -0.39 is 0 Å². The fourth-order valence-corrected chi connectivity index (χ4v) is 1.99. The molecule has 0 spiro atoms. The van der Waals surface area contributed by atoms with Gasteiger partial charge in [-0.05, 0) is 25.0 Å². The molecule has 0 radical (unpaired) electrons. The van der Waals surface area contributed by atoms with Gasteiger partial charge < -0.3 is 25.7 Å². The van der Waals surface area contributed by atoms with Crippen LogP contribution in [0.4, 0.5) is 5.69 Å². The molecule has 0 unspecified atom stereocenters. The maximum atomic E-state index is 8.43. The topological polar surface area (TPSA) is 89.1 Å². The fourth-order valence-electron chi connectivity index (χ4n) is 1.99. The molecular weight excluding hydrogens is 258 g/mol. The van der Waals surface area contributed by atoms with E-state index in [1.807, 2.05) is 18.2 Å². The number of oxime groups is 1. The van der Waals surface area contributed by atoms with Crippen molar-refractivity contribution in [2.45, 2.75) is 25.7 Å². The van der Waals surface area contributed by atoms with Gasteiger partial charge >= 0.3 is 0 Å². The number of amidine groups is 1. The SMILES string of the molecule is NC(CCCCNc1ccc2c(c1)OCCCO2)=NO. The van der Waals surface area contributed by atoms with Gasteiger partial charge in [-0.25, -0.2) is 0 Å². The van der Waals surface area contributed by atoms with Crippen molar-refractivity contribution in [3.8, 4) is 11.5 Å². The quantitative estimate of drug-likeness (QED) is 0.244. The lowest BCUT2D eigenvalue weighted by Gasteiger charge is -2.11. The number of anilines is 1. The Morgan fingerprint density at radius 2 is 2.05 bits per heavy atom. The predicted molar refractivity (Wildman–Crippen MR) is 77.8 cm³/mol. The number of nitrogens with two attached hydrogens (primary N) is 1. The van der Waals surface area contributed by atoms with E-state index in [9.17, 15) is 0 Å². The van der Waals surface area contributed by atoms with E-state index in [1.54, 1.807) is 0 Å². The van der Waals surface area contributed by atoms with Gasteiger partial charge in [0, 0.05) is 31.1 Å². The second-order valence-corrected chi connectivity index (χ2v) is 4.69. The summed E-state index contributed by atoms with van der Waals surface area (Å²) in [5.74, 6) is 1.88. The molecule has 0 fully saturated rings. The maximum Gasteiger partial charge on any atom is 0.163 e. The van der Waals surface area contributed by atoms with Crippen LogP contribution in [0, 0.1) is 0 Å². The van der Waals surface area contributed by atoms with Gasteiger partial charge in [0.2, 0.25) is 0 Å². The molecule has 20 heavy (non-hydrogen) atoms. The van der Waals surface area contributed by atoms with Crippen LogP contribution >= 0.6 is 0 Å². The van der Waals surface area contributed by atoms with Crippen molar-refractivity contribution >= 4 is 11.5 Å². The van der Waals surface area contributed by atoms with E-state index in [-0.39, 0.29) is 5.84 Å². The molecule has 0 atom stereocenters. The summed E-state index contributed by atoms with van der Waals surface area (Å²) in [4.78, 5) is 0. The number of nitrogens with zero attached hydrogens (tertiary/aromatic N) is 1. The molecule has 1 aliphatic rings. The van der Waals surface area contributed by atoms with Gasteiger partial charge in [0.25, 0.3) is 0 Å². The first-order chi connectivity index (χ1) is 9.79. The summed E-state index contributed by atoms with van der Waals surface area (Å²) in [5.41, 5.74) is 6.42. The zero-order chi connectivity index (χ0) is 14.2. The molecule has 1 heterocycles. The number of ether oxygens (including phenoxy) is 2. The normalized spacial score (nSPS) is 14.7. The van der Waals surface area contributed by atoms with Crippen LogP contribution in [0.15, 0.2) is 23.4 Å². The molecule has 1 aliphatic heterocycles. The summed E-state index contributed by atoms with van der Waals surface area (Å²) in [6, 6.07) is 5.88. The van der Waals surface area contributed by atoms with Crippen LogP contribution in [0.2, 0.25) is 0 Å². The van der Waals surface area contributed by atoms with Crippen LogP contribution in [0.1, 0.15) is 25.7 Å². The Morgan fingerprint density at radius 1 is 1.25 bits per heavy atom.